The summed E-state index contributed by atoms with van der Waals surface area (Å²) in [5.41, 5.74) is 1.23. The van der Waals surface area contributed by atoms with Crippen LogP contribution in [0.25, 0.3) is 0 Å². The lowest BCUT2D eigenvalue weighted by Crippen LogP contribution is -2.24. The number of carbonyl (C=O) groups excluding carboxylic acids is 2. The summed E-state index contributed by atoms with van der Waals surface area (Å²) in [5, 5.41) is 9.92. The number of hydrogen-bond acceptors (Lipinski definition) is 7. The number of aromatic amines is 1. The van der Waals surface area contributed by atoms with Crippen molar-refractivity contribution in [3.8, 4) is 0 Å². The number of H-pyrrole nitrogens is 1. The van der Waals surface area contributed by atoms with Gasteiger partial charge in [-0.05, 0) is 51.5 Å². The summed E-state index contributed by atoms with van der Waals surface area (Å²) in [5.74, 6) is -0.621. The molecule has 3 rings (SSSR count). The fourth-order valence-corrected chi connectivity index (χ4v) is 5.47. The second-order valence-electron chi connectivity index (χ2n) is 6.85. The van der Waals surface area contributed by atoms with Gasteiger partial charge < -0.3 is 10.1 Å². The number of aromatic nitrogens is 3. The van der Waals surface area contributed by atoms with Gasteiger partial charge in [0, 0.05) is 11.4 Å². The van der Waals surface area contributed by atoms with Crippen molar-refractivity contribution < 1.29 is 14.3 Å². The van der Waals surface area contributed by atoms with Crippen molar-refractivity contribution in [2.24, 2.45) is 0 Å². The topological polar surface area (TPSA) is 106 Å². The fraction of sp³-hybridized carbons (Fsp3) is 0.579. The molecule has 1 aliphatic carbocycles. The Morgan fingerprint density at radius 2 is 2.10 bits per heavy atom. The number of rotatable bonds is 8. The molecule has 8 nitrogen and oxygen atoms in total. The summed E-state index contributed by atoms with van der Waals surface area (Å²) < 4.78 is 6.77. The van der Waals surface area contributed by atoms with E-state index in [-0.39, 0.29) is 24.2 Å². The Kier molecular flexibility index (Phi) is 7.18. The minimum atomic E-state index is -0.491. The van der Waals surface area contributed by atoms with Crippen molar-refractivity contribution in [1.82, 2.24) is 14.8 Å². The average molecular weight is 439 g/mol. The fourth-order valence-electron chi connectivity index (χ4n) is 3.31. The van der Waals surface area contributed by atoms with Crippen LogP contribution in [-0.4, -0.2) is 38.5 Å². The van der Waals surface area contributed by atoms with E-state index in [1.807, 2.05) is 6.92 Å². The Labute approximate surface area is 177 Å². The molecule has 0 fully saturated rings. The maximum Gasteiger partial charge on any atom is 0.343 e. The normalized spacial score (nSPS) is 14.3. The van der Waals surface area contributed by atoms with Crippen LogP contribution in [0, 0.1) is 0 Å². The Balaban J connectivity index is 1.79. The van der Waals surface area contributed by atoms with Gasteiger partial charge >= 0.3 is 11.7 Å². The van der Waals surface area contributed by atoms with Crippen LogP contribution in [0.5, 0.6) is 0 Å². The van der Waals surface area contributed by atoms with Gasteiger partial charge in [-0.1, -0.05) is 18.7 Å². The minimum absolute atomic E-state index is 0.238. The number of thiophene rings is 1. The van der Waals surface area contributed by atoms with Crippen LogP contribution in [0.3, 0.4) is 0 Å². The number of nitrogens with one attached hydrogen (secondary N) is 2. The van der Waals surface area contributed by atoms with Crippen molar-refractivity contribution in [2.45, 2.75) is 69.8 Å². The van der Waals surface area contributed by atoms with Crippen molar-refractivity contribution in [3.05, 3.63) is 26.5 Å². The number of nitrogens with zero attached hydrogens (tertiary/aromatic N) is 2. The molecule has 0 saturated heterocycles. The lowest BCUT2D eigenvalue weighted by molar-refractivity contribution is -0.115. The predicted octanol–water partition coefficient (Wildman–Crippen LogP) is 3.22. The van der Waals surface area contributed by atoms with Crippen molar-refractivity contribution in [2.75, 3.05) is 11.9 Å². The van der Waals surface area contributed by atoms with E-state index in [0.717, 1.165) is 42.5 Å². The number of carbonyl (C=O) groups is 2. The summed E-state index contributed by atoms with van der Waals surface area (Å²) in [7, 11) is 0. The highest BCUT2D eigenvalue weighted by Gasteiger charge is 2.28. The number of fused-ring (bicyclic) bond motifs is 1. The lowest BCUT2D eigenvalue weighted by Gasteiger charge is -2.13. The van der Waals surface area contributed by atoms with Crippen molar-refractivity contribution in [3.63, 3.8) is 0 Å². The molecule has 1 atom stereocenters. The molecule has 2 aromatic heterocycles. The second kappa shape index (κ2) is 9.62. The van der Waals surface area contributed by atoms with E-state index >= 15 is 0 Å². The van der Waals surface area contributed by atoms with Crippen LogP contribution in [0.15, 0.2) is 9.95 Å². The van der Waals surface area contributed by atoms with Crippen LogP contribution in [0.2, 0.25) is 0 Å². The minimum Gasteiger partial charge on any atom is -0.462 e. The van der Waals surface area contributed by atoms with Gasteiger partial charge in [0.1, 0.15) is 5.00 Å². The zero-order valence-corrected chi connectivity index (χ0v) is 18.5. The Morgan fingerprint density at radius 3 is 2.83 bits per heavy atom. The van der Waals surface area contributed by atoms with Gasteiger partial charge in [0.2, 0.25) is 5.91 Å². The Bertz CT molecular complexity index is 947. The average Bonchev–Trinajstić information content (AvgIpc) is 3.23. The van der Waals surface area contributed by atoms with E-state index in [1.54, 1.807) is 13.8 Å². The molecule has 1 unspecified atom stereocenters. The molecule has 2 N–H and O–H groups in total. The van der Waals surface area contributed by atoms with Gasteiger partial charge in [-0.2, -0.15) is 0 Å². The van der Waals surface area contributed by atoms with Crippen molar-refractivity contribution in [1.29, 1.82) is 0 Å². The monoisotopic (exact) mass is 438 g/mol. The third-order valence-electron chi connectivity index (χ3n) is 4.71. The molecule has 0 aromatic carbocycles. The van der Waals surface area contributed by atoms with E-state index in [0.29, 0.717) is 22.3 Å². The maximum atomic E-state index is 12.8. The number of aryl methyl sites for hydroxylation is 1. The SMILES string of the molecule is CCCn1c(SC(C)C(=O)Nc2sc3c(c2C(=O)OCC)CCCC3)n[nH]c1=O. The molecule has 1 amide bonds. The van der Waals surface area contributed by atoms with Gasteiger partial charge in [-0.3, -0.25) is 9.36 Å². The van der Waals surface area contributed by atoms with E-state index in [2.05, 4.69) is 15.5 Å². The third-order valence-corrected chi connectivity index (χ3v) is 7.01. The van der Waals surface area contributed by atoms with Crippen LogP contribution < -0.4 is 11.0 Å². The number of anilines is 1. The highest BCUT2D eigenvalue weighted by Crippen LogP contribution is 2.39. The Morgan fingerprint density at radius 1 is 1.34 bits per heavy atom. The molecule has 2 heterocycles. The van der Waals surface area contributed by atoms with Gasteiger partial charge in [0.15, 0.2) is 5.16 Å². The molecule has 0 aliphatic heterocycles. The van der Waals surface area contributed by atoms with Crippen LogP contribution in [0.4, 0.5) is 5.00 Å². The number of hydrogen-bond donors (Lipinski definition) is 2. The number of esters is 1. The van der Waals surface area contributed by atoms with E-state index in [9.17, 15) is 14.4 Å². The van der Waals surface area contributed by atoms with E-state index in [4.69, 9.17) is 4.74 Å². The molecule has 2 aromatic rings. The predicted molar refractivity (Wildman–Crippen MR) is 114 cm³/mol. The first-order chi connectivity index (χ1) is 14.0. The summed E-state index contributed by atoms with van der Waals surface area (Å²) in [4.78, 5) is 38.4. The van der Waals surface area contributed by atoms with Gasteiger partial charge in [-0.25, -0.2) is 14.7 Å². The Hall–Kier alpha value is -2.07. The molecular formula is C19H26N4O4S2. The summed E-state index contributed by atoms with van der Waals surface area (Å²) in [6.45, 7) is 6.33. The largest absolute Gasteiger partial charge is 0.462 e. The molecule has 0 radical (unpaired) electrons. The molecule has 0 bridgehead atoms. The first-order valence-corrected chi connectivity index (χ1v) is 11.6. The van der Waals surface area contributed by atoms with Crippen LogP contribution >= 0.6 is 23.1 Å². The molecular weight excluding hydrogens is 412 g/mol. The van der Waals surface area contributed by atoms with E-state index < -0.39 is 5.25 Å². The van der Waals surface area contributed by atoms with Crippen LogP contribution in [0.1, 0.15) is 60.8 Å². The number of amides is 1. The number of ether oxygens (including phenoxy) is 1. The zero-order valence-electron chi connectivity index (χ0n) is 16.9. The smallest absolute Gasteiger partial charge is 0.343 e. The van der Waals surface area contributed by atoms with Crippen molar-refractivity contribution >= 4 is 40.0 Å². The molecule has 29 heavy (non-hydrogen) atoms. The zero-order chi connectivity index (χ0) is 21.0. The first-order valence-electron chi connectivity index (χ1n) is 9.90. The van der Waals surface area contributed by atoms with Crippen LogP contribution in [-0.2, 0) is 28.9 Å². The first kappa shape index (κ1) is 21.6. The standard InChI is InChI=1S/C19H26N4O4S2/c1-4-10-23-18(26)21-22-19(23)28-11(3)15(24)20-16-14(17(25)27-5-2)12-8-6-7-9-13(12)29-16/h11H,4-10H2,1-3H3,(H,20,24)(H,21,26). The summed E-state index contributed by atoms with van der Waals surface area (Å²) >= 11 is 2.68. The molecule has 0 saturated carbocycles. The third kappa shape index (κ3) is 4.75. The molecule has 1 aliphatic rings. The summed E-state index contributed by atoms with van der Waals surface area (Å²) in [6.07, 6.45) is 4.66. The lowest BCUT2D eigenvalue weighted by atomic mass is 9.95. The second-order valence-corrected chi connectivity index (χ2v) is 9.26. The molecule has 158 valence electrons. The van der Waals surface area contributed by atoms with E-state index in [1.165, 1.54) is 27.7 Å². The molecule has 10 heteroatoms. The van der Waals surface area contributed by atoms with Gasteiger partial charge in [-0.15, -0.1) is 16.4 Å². The quantitative estimate of drug-likeness (QED) is 0.484. The highest BCUT2D eigenvalue weighted by atomic mass is 32.2. The van der Waals surface area contributed by atoms with Gasteiger partial charge in [0.05, 0.1) is 17.4 Å². The number of thioether (sulfide) groups is 1. The highest BCUT2D eigenvalue weighted by molar-refractivity contribution is 8.00. The maximum absolute atomic E-state index is 12.8. The molecule has 0 spiro atoms. The van der Waals surface area contributed by atoms with Gasteiger partial charge in [0.25, 0.3) is 0 Å². The summed E-state index contributed by atoms with van der Waals surface area (Å²) in [6, 6.07) is 0.